The van der Waals surface area contributed by atoms with Gasteiger partial charge in [0.2, 0.25) is 0 Å². The van der Waals surface area contributed by atoms with Crippen molar-refractivity contribution in [2.75, 3.05) is 4.90 Å². The maximum atomic E-state index is 7.24. The summed E-state index contributed by atoms with van der Waals surface area (Å²) in [6, 6.07) is 76.3. The molecular formula is C57H35NO2S. The third-order valence-corrected chi connectivity index (χ3v) is 13.9. The van der Waals surface area contributed by atoms with Crippen molar-refractivity contribution in [3.8, 4) is 33.4 Å². The summed E-state index contributed by atoms with van der Waals surface area (Å²) in [5.74, 6) is 0.981. The Balaban J connectivity index is 1.07. The number of fused-ring (bicyclic) bond motifs is 14. The van der Waals surface area contributed by atoms with Gasteiger partial charge in [0.15, 0.2) is 0 Å². The van der Waals surface area contributed by atoms with Gasteiger partial charge in [-0.3, -0.25) is 0 Å². The monoisotopic (exact) mass is 797 g/mol. The lowest BCUT2D eigenvalue weighted by Gasteiger charge is -2.36. The average Bonchev–Trinajstić information content (AvgIpc) is 3.99. The van der Waals surface area contributed by atoms with Crippen LogP contribution in [0, 0.1) is 0 Å². The van der Waals surface area contributed by atoms with E-state index in [0.29, 0.717) is 0 Å². The summed E-state index contributed by atoms with van der Waals surface area (Å²) in [6.07, 6.45) is 0. The lowest BCUT2D eigenvalue weighted by Crippen LogP contribution is -2.31. The quantitative estimate of drug-likeness (QED) is 0.173. The molecule has 0 atom stereocenters. The maximum Gasteiger partial charge on any atom is 0.145 e. The number of nitrogens with zero attached hydrogens (tertiary/aromatic N) is 1. The van der Waals surface area contributed by atoms with E-state index in [-0.39, 0.29) is 0 Å². The van der Waals surface area contributed by atoms with Crippen molar-refractivity contribution in [1.82, 2.24) is 0 Å². The number of furan rings is 2. The van der Waals surface area contributed by atoms with Crippen LogP contribution in [-0.4, -0.2) is 0 Å². The van der Waals surface area contributed by atoms with Crippen LogP contribution in [-0.2, 0) is 5.41 Å². The third-order valence-electron chi connectivity index (χ3n) is 12.7. The van der Waals surface area contributed by atoms with Crippen LogP contribution >= 0.6 is 11.8 Å². The minimum absolute atomic E-state index is 0.592. The molecule has 2 aliphatic rings. The first kappa shape index (κ1) is 34.3. The van der Waals surface area contributed by atoms with Crippen molar-refractivity contribution in [1.29, 1.82) is 0 Å². The van der Waals surface area contributed by atoms with Crippen LogP contribution in [0.15, 0.2) is 231 Å². The second-order valence-corrected chi connectivity index (χ2v) is 17.0. The van der Waals surface area contributed by atoms with Gasteiger partial charge in [0.25, 0.3) is 0 Å². The van der Waals surface area contributed by atoms with Gasteiger partial charge < -0.3 is 13.7 Å². The van der Waals surface area contributed by atoms with Gasteiger partial charge in [0.05, 0.1) is 16.0 Å². The van der Waals surface area contributed by atoms with E-state index in [1.54, 1.807) is 0 Å². The summed E-state index contributed by atoms with van der Waals surface area (Å²) >= 11 is 1.82. The van der Waals surface area contributed by atoms with Crippen LogP contribution in [0.25, 0.3) is 66.3 Å². The summed E-state index contributed by atoms with van der Waals surface area (Å²) in [6.45, 7) is 0. The molecule has 0 fully saturated rings. The molecule has 0 radical (unpaired) electrons. The zero-order chi connectivity index (χ0) is 40.1. The molecule has 2 aromatic heterocycles. The fraction of sp³-hybridized carbons (Fsp3) is 0.0175. The molecule has 3 nitrogen and oxygen atoms in total. The highest BCUT2D eigenvalue weighted by Gasteiger charge is 2.53. The summed E-state index contributed by atoms with van der Waals surface area (Å²) in [7, 11) is 0. The van der Waals surface area contributed by atoms with Crippen LogP contribution in [0.4, 0.5) is 17.1 Å². The van der Waals surface area contributed by atoms with Gasteiger partial charge in [-0.15, -0.1) is 0 Å². The predicted molar refractivity (Wildman–Crippen MR) is 250 cm³/mol. The minimum atomic E-state index is -0.592. The number of hydrogen-bond acceptors (Lipinski definition) is 4. The molecule has 61 heavy (non-hydrogen) atoms. The van der Waals surface area contributed by atoms with Crippen LogP contribution in [0.5, 0.6) is 0 Å². The summed E-state index contributed by atoms with van der Waals surface area (Å²) < 4.78 is 14.0. The second kappa shape index (κ2) is 13.2. The first-order valence-electron chi connectivity index (χ1n) is 20.7. The van der Waals surface area contributed by atoms with Crippen molar-refractivity contribution in [2.45, 2.75) is 15.2 Å². The highest BCUT2D eigenvalue weighted by Crippen LogP contribution is 2.64. The van der Waals surface area contributed by atoms with Crippen molar-refractivity contribution >= 4 is 61.7 Å². The number of anilines is 3. The molecule has 1 spiro atoms. The normalized spacial score (nSPS) is 13.3. The first-order valence-corrected chi connectivity index (χ1v) is 21.6. The Kier molecular flexibility index (Phi) is 7.45. The van der Waals surface area contributed by atoms with Gasteiger partial charge in [0.1, 0.15) is 27.9 Å². The largest absolute Gasteiger partial charge is 0.458 e. The van der Waals surface area contributed by atoms with E-state index in [1.807, 2.05) is 17.8 Å². The SMILES string of the molecule is c1ccc(-c2ccc(N(c3ccc4oc5c(c4c3)Sc3ccccc3C53c4ccccc4-c4ccccc43)c3ccc(-c4ccccc4)c4oc5ccccc5c34)cc2)cc1. The molecule has 0 unspecified atom stereocenters. The van der Waals surface area contributed by atoms with Crippen LogP contribution in [0.1, 0.15) is 22.5 Å². The lowest BCUT2D eigenvalue weighted by atomic mass is 9.70. The van der Waals surface area contributed by atoms with E-state index in [9.17, 15) is 0 Å². The Bertz CT molecular complexity index is 3460. The van der Waals surface area contributed by atoms with Gasteiger partial charge in [-0.25, -0.2) is 0 Å². The van der Waals surface area contributed by atoms with Gasteiger partial charge in [-0.2, -0.15) is 0 Å². The summed E-state index contributed by atoms with van der Waals surface area (Å²) in [5.41, 5.74) is 15.9. The molecule has 1 aliphatic carbocycles. The van der Waals surface area contributed by atoms with E-state index in [2.05, 4.69) is 211 Å². The predicted octanol–water partition coefficient (Wildman–Crippen LogP) is 16.0. The molecule has 4 heteroatoms. The van der Waals surface area contributed by atoms with Crippen LogP contribution in [0.2, 0.25) is 0 Å². The van der Waals surface area contributed by atoms with E-state index < -0.39 is 5.41 Å². The molecule has 9 aromatic carbocycles. The molecule has 286 valence electrons. The zero-order valence-electron chi connectivity index (χ0n) is 32.9. The number of para-hydroxylation sites is 1. The highest BCUT2D eigenvalue weighted by atomic mass is 32.2. The van der Waals surface area contributed by atoms with Crippen molar-refractivity contribution in [2.24, 2.45) is 0 Å². The zero-order valence-corrected chi connectivity index (χ0v) is 33.7. The topological polar surface area (TPSA) is 29.5 Å². The molecule has 13 rings (SSSR count). The Morgan fingerprint density at radius 1 is 0.410 bits per heavy atom. The second-order valence-electron chi connectivity index (χ2n) is 15.9. The summed E-state index contributed by atoms with van der Waals surface area (Å²) in [4.78, 5) is 4.79. The van der Waals surface area contributed by atoms with E-state index >= 15 is 0 Å². The van der Waals surface area contributed by atoms with Gasteiger partial charge in [0, 0.05) is 32.6 Å². The number of rotatable bonds is 5. The fourth-order valence-electron chi connectivity index (χ4n) is 10.1. The number of hydrogen-bond donors (Lipinski definition) is 0. The van der Waals surface area contributed by atoms with E-state index in [1.165, 1.54) is 43.8 Å². The van der Waals surface area contributed by atoms with Gasteiger partial charge in [-0.05, 0) is 99.1 Å². The average molecular weight is 798 g/mol. The standard InChI is InChI=1S/C57H35NO2S/c1-3-15-36(16-4-1)37-27-29-39(30-28-37)58(49-33-32-41(38-17-5-2-6-18-38)54-53(49)44-21-9-13-25-50(44)59-54)40-31-34-51-45(35-40)55-56(60-51)57(48-24-12-14-26-52(48)61-55)46-22-10-7-19-42(46)43-20-8-11-23-47(43)57/h1-35H. The third kappa shape index (κ3) is 4.94. The summed E-state index contributed by atoms with van der Waals surface area (Å²) in [5, 5.41) is 3.24. The van der Waals surface area contributed by atoms with Crippen molar-refractivity contribution in [3.63, 3.8) is 0 Å². The first-order chi connectivity index (χ1) is 30.3. The van der Waals surface area contributed by atoms with Crippen LogP contribution < -0.4 is 4.90 Å². The van der Waals surface area contributed by atoms with E-state index in [0.717, 1.165) is 71.8 Å². The number of benzene rings is 9. The smallest absolute Gasteiger partial charge is 0.145 e. The molecule has 0 saturated heterocycles. The van der Waals surface area contributed by atoms with Crippen molar-refractivity contribution < 1.29 is 8.83 Å². The van der Waals surface area contributed by atoms with Crippen molar-refractivity contribution in [3.05, 3.63) is 235 Å². The Hall–Kier alpha value is -7.53. The molecular weight excluding hydrogens is 763 g/mol. The molecule has 0 N–H and O–H groups in total. The Morgan fingerprint density at radius 2 is 1.00 bits per heavy atom. The van der Waals surface area contributed by atoms with Gasteiger partial charge in [-0.1, -0.05) is 169 Å². The molecule has 1 aliphatic heterocycles. The van der Waals surface area contributed by atoms with Gasteiger partial charge >= 0.3 is 0 Å². The lowest BCUT2D eigenvalue weighted by molar-refractivity contribution is 0.478. The molecule has 0 saturated carbocycles. The molecule has 0 bridgehead atoms. The molecule has 11 aromatic rings. The minimum Gasteiger partial charge on any atom is -0.458 e. The highest BCUT2D eigenvalue weighted by molar-refractivity contribution is 7.99. The van der Waals surface area contributed by atoms with Crippen LogP contribution in [0.3, 0.4) is 0 Å². The molecule has 3 heterocycles. The maximum absolute atomic E-state index is 7.24. The fourth-order valence-corrected chi connectivity index (χ4v) is 11.4. The van der Waals surface area contributed by atoms with E-state index in [4.69, 9.17) is 8.83 Å². The Morgan fingerprint density at radius 3 is 1.75 bits per heavy atom. The Labute approximate surface area is 357 Å². The molecule has 0 amide bonds.